The zero-order valence-electron chi connectivity index (χ0n) is 8.93. The van der Waals surface area contributed by atoms with E-state index in [0.717, 1.165) is 0 Å². The molecule has 0 saturated carbocycles. The van der Waals surface area contributed by atoms with Gasteiger partial charge in [0.2, 0.25) is 11.8 Å². The summed E-state index contributed by atoms with van der Waals surface area (Å²) < 4.78 is 4.93. The van der Waals surface area contributed by atoms with Gasteiger partial charge in [0.05, 0.1) is 13.1 Å². The van der Waals surface area contributed by atoms with Crippen molar-refractivity contribution in [1.29, 1.82) is 0 Å². The number of nitrogens with one attached hydrogen (secondary N) is 1. The van der Waals surface area contributed by atoms with E-state index < -0.39 is 11.9 Å². The molecule has 0 bridgehead atoms. The Hall–Kier alpha value is -1.96. The predicted molar refractivity (Wildman–Crippen MR) is 52.8 cm³/mol. The summed E-state index contributed by atoms with van der Waals surface area (Å²) in [5.41, 5.74) is 0. The van der Waals surface area contributed by atoms with Gasteiger partial charge >= 0.3 is 12.0 Å². The summed E-state index contributed by atoms with van der Waals surface area (Å²) in [6.45, 7) is 1.32. The highest BCUT2D eigenvalue weighted by Gasteiger charge is 2.12. The Morgan fingerprint density at radius 3 is 2.62 bits per heavy atom. The van der Waals surface area contributed by atoms with Crippen molar-refractivity contribution in [3.63, 3.8) is 0 Å². The lowest BCUT2D eigenvalue weighted by Gasteiger charge is -2.11. The summed E-state index contributed by atoms with van der Waals surface area (Å²) in [7, 11) is 1.52. The number of carbonyl (C=O) groups excluding carboxylic acids is 1. The fourth-order valence-corrected chi connectivity index (χ4v) is 1.04. The van der Waals surface area contributed by atoms with E-state index in [-0.39, 0.29) is 19.1 Å². The van der Waals surface area contributed by atoms with E-state index in [1.54, 1.807) is 6.92 Å². The number of nitrogens with zero attached hydrogens (tertiary/aromatic N) is 3. The van der Waals surface area contributed by atoms with Crippen LogP contribution in [-0.4, -0.2) is 52.2 Å². The number of rotatable bonds is 5. The zero-order valence-corrected chi connectivity index (χ0v) is 8.93. The van der Waals surface area contributed by atoms with Crippen LogP contribution in [0.3, 0.4) is 0 Å². The standard InChI is InChI=1S/C8H12N4O4/c1-5-10-11-8(16-5)9-6(13)3-12(2)4-7(14)15/h3-4H2,1-2H3,(H,14,15)(H,9,11,13). The van der Waals surface area contributed by atoms with Crippen molar-refractivity contribution in [2.45, 2.75) is 6.92 Å². The molecule has 2 N–H and O–H groups in total. The first-order chi connectivity index (χ1) is 7.47. The van der Waals surface area contributed by atoms with Gasteiger partial charge in [-0.25, -0.2) is 0 Å². The average Bonchev–Trinajstić information content (AvgIpc) is 2.48. The van der Waals surface area contributed by atoms with Crippen LogP contribution >= 0.6 is 0 Å². The molecule has 0 aromatic carbocycles. The molecule has 0 aliphatic heterocycles. The third-order valence-electron chi connectivity index (χ3n) is 1.59. The van der Waals surface area contributed by atoms with E-state index in [4.69, 9.17) is 9.52 Å². The summed E-state index contributed by atoms with van der Waals surface area (Å²) in [6, 6.07) is 0.00576. The van der Waals surface area contributed by atoms with Crippen LogP contribution in [0.25, 0.3) is 0 Å². The minimum absolute atomic E-state index is 0.00576. The predicted octanol–water partition coefficient (Wildman–Crippen LogP) is -0.667. The topological polar surface area (TPSA) is 109 Å². The maximum atomic E-state index is 11.3. The van der Waals surface area contributed by atoms with Crippen molar-refractivity contribution in [1.82, 2.24) is 15.1 Å². The Morgan fingerprint density at radius 1 is 1.44 bits per heavy atom. The van der Waals surface area contributed by atoms with Gasteiger partial charge in [0.25, 0.3) is 0 Å². The van der Waals surface area contributed by atoms with E-state index in [0.29, 0.717) is 5.89 Å². The van der Waals surface area contributed by atoms with Crippen LogP contribution in [0.4, 0.5) is 6.01 Å². The second-order valence-corrected chi connectivity index (χ2v) is 3.24. The number of carboxylic acid groups (broad SMARTS) is 1. The average molecular weight is 228 g/mol. The highest BCUT2D eigenvalue weighted by Crippen LogP contribution is 2.03. The molecular formula is C8H12N4O4. The number of aromatic nitrogens is 2. The summed E-state index contributed by atoms with van der Waals surface area (Å²) in [6.07, 6.45) is 0. The first-order valence-electron chi connectivity index (χ1n) is 4.47. The number of anilines is 1. The maximum Gasteiger partial charge on any atom is 0.322 e. The number of carboxylic acids is 1. The number of aryl methyl sites for hydroxylation is 1. The normalized spacial score (nSPS) is 10.4. The highest BCUT2D eigenvalue weighted by atomic mass is 16.4. The number of amides is 1. The SMILES string of the molecule is Cc1nnc(NC(=O)CN(C)CC(=O)O)o1. The Morgan fingerprint density at radius 2 is 2.12 bits per heavy atom. The number of aliphatic carboxylic acids is 1. The van der Waals surface area contributed by atoms with Crippen LogP contribution in [0.15, 0.2) is 4.42 Å². The Labute approximate surface area is 91.3 Å². The molecule has 0 unspecified atom stereocenters. The maximum absolute atomic E-state index is 11.3. The zero-order chi connectivity index (χ0) is 12.1. The second-order valence-electron chi connectivity index (χ2n) is 3.24. The first kappa shape index (κ1) is 12.1. The molecular weight excluding hydrogens is 216 g/mol. The molecule has 88 valence electrons. The fourth-order valence-electron chi connectivity index (χ4n) is 1.04. The van der Waals surface area contributed by atoms with Gasteiger partial charge in [0.15, 0.2) is 0 Å². The molecule has 8 nitrogen and oxygen atoms in total. The lowest BCUT2D eigenvalue weighted by atomic mass is 10.5. The molecule has 8 heteroatoms. The van der Waals surface area contributed by atoms with Gasteiger partial charge < -0.3 is 9.52 Å². The molecule has 0 atom stereocenters. The fraction of sp³-hybridized carbons (Fsp3) is 0.500. The Balaban J connectivity index is 2.38. The van der Waals surface area contributed by atoms with Crippen molar-refractivity contribution >= 4 is 17.9 Å². The van der Waals surface area contributed by atoms with E-state index in [9.17, 15) is 9.59 Å². The lowest BCUT2D eigenvalue weighted by molar-refractivity contribution is -0.138. The monoisotopic (exact) mass is 228 g/mol. The smallest absolute Gasteiger partial charge is 0.322 e. The molecule has 0 aliphatic carbocycles. The lowest BCUT2D eigenvalue weighted by Crippen LogP contribution is -2.33. The van der Waals surface area contributed by atoms with Crippen molar-refractivity contribution in [2.24, 2.45) is 0 Å². The molecule has 0 aliphatic rings. The molecule has 1 amide bonds. The van der Waals surface area contributed by atoms with Crippen molar-refractivity contribution in [3.05, 3.63) is 5.89 Å². The largest absolute Gasteiger partial charge is 0.480 e. The van der Waals surface area contributed by atoms with E-state index in [2.05, 4.69) is 15.5 Å². The van der Waals surface area contributed by atoms with Crippen LogP contribution in [0.5, 0.6) is 0 Å². The second kappa shape index (κ2) is 5.21. The number of hydrogen-bond donors (Lipinski definition) is 2. The molecule has 1 aromatic rings. The highest BCUT2D eigenvalue weighted by molar-refractivity contribution is 5.90. The van der Waals surface area contributed by atoms with Crippen LogP contribution in [0.1, 0.15) is 5.89 Å². The minimum atomic E-state index is -0.996. The molecule has 0 saturated heterocycles. The molecule has 1 rings (SSSR count). The van der Waals surface area contributed by atoms with Gasteiger partial charge in [0.1, 0.15) is 0 Å². The van der Waals surface area contributed by atoms with Gasteiger partial charge in [-0.3, -0.25) is 19.8 Å². The Bertz CT molecular complexity index is 389. The molecule has 16 heavy (non-hydrogen) atoms. The molecule has 0 spiro atoms. The Kier molecular flexibility index (Phi) is 3.95. The van der Waals surface area contributed by atoms with Crippen LogP contribution < -0.4 is 5.32 Å². The van der Waals surface area contributed by atoms with Gasteiger partial charge in [0, 0.05) is 6.92 Å². The van der Waals surface area contributed by atoms with Crippen LogP contribution in [0, 0.1) is 6.92 Å². The van der Waals surface area contributed by atoms with Crippen LogP contribution in [-0.2, 0) is 9.59 Å². The van der Waals surface area contributed by atoms with E-state index in [1.807, 2.05) is 0 Å². The van der Waals surface area contributed by atoms with Crippen molar-refractivity contribution < 1.29 is 19.1 Å². The number of hydrogen-bond acceptors (Lipinski definition) is 6. The molecule has 1 heterocycles. The van der Waals surface area contributed by atoms with Gasteiger partial charge in [-0.1, -0.05) is 5.10 Å². The summed E-state index contributed by atoms with van der Waals surface area (Å²) in [5.74, 6) is -1.06. The molecule has 0 radical (unpaired) electrons. The molecule has 1 aromatic heterocycles. The summed E-state index contributed by atoms with van der Waals surface area (Å²) >= 11 is 0. The van der Waals surface area contributed by atoms with E-state index in [1.165, 1.54) is 11.9 Å². The van der Waals surface area contributed by atoms with Gasteiger partial charge in [-0.15, -0.1) is 5.10 Å². The van der Waals surface area contributed by atoms with Crippen molar-refractivity contribution in [2.75, 3.05) is 25.5 Å². The summed E-state index contributed by atoms with van der Waals surface area (Å²) in [4.78, 5) is 23.0. The quantitative estimate of drug-likeness (QED) is 0.688. The van der Waals surface area contributed by atoms with Crippen molar-refractivity contribution in [3.8, 4) is 0 Å². The number of carbonyl (C=O) groups is 2. The van der Waals surface area contributed by atoms with Gasteiger partial charge in [-0.05, 0) is 7.05 Å². The third kappa shape index (κ3) is 4.05. The third-order valence-corrected chi connectivity index (χ3v) is 1.59. The van der Waals surface area contributed by atoms with E-state index >= 15 is 0 Å². The van der Waals surface area contributed by atoms with Crippen LogP contribution in [0.2, 0.25) is 0 Å². The minimum Gasteiger partial charge on any atom is -0.480 e. The van der Waals surface area contributed by atoms with Gasteiger partial charge in [-0.2, -0.15) is 0 Å². The number of likely N-dealkylation sites (N-methyl/N-ethyl adjacent to an activating group) is 1. The molecule has 0 fully saturated rings. The first-order valence-corrected chi connectivity index (χ1v) is 4.47. The summed E-state index contributed by atoms with van der Waals surface area (Å²) in [5, 5.41) is 17.9.